The van der Waals surface area contributed by atoms with Crippen LogP contribution in [-0.2, 0) is 13.6 Å². The van der Waals surface area contributed by atoms with Gasteiger partial charge in [0.2, 0.25) is 0 Å². The van der Waals surface area contributed by atoms with Crippen LogP contribution >= 0.6 is 0 Å². The van der Waals surface area contributed by atoms with E-state index in [1.807, 2.05) is 23.9 Å². The standard InChI is InChI=1S/C20H23N7O/c1-14-5-6-17-16(10-14)22-20(28-17)27-8-3-4-15(11-27)19-24-23-18(25(19)2)12-26-9-7-21-13-26/h5-7,9-10,13,15H,3-4,8,11-12H2,1-2H3/t15-/m1/s1. The van der Waals surface area contributed by atoms with Crippen LogP contribution in [0.3, 0.4) is 0 Å². The summed E-state index contributed by atoms with van der Waals surface area (Å²) in [5, 5.41) is 8.92. The normalized spacial score (nSPS) is 17.5. The number of anilines is 1. The predicted molar refractivity (Wildman–Crippen MR) is 105 cm³/mol. The minimum atomic E-state index is 0.305. The largest absolute Gasteiger partial charge is 0.423 e. The first-order valence-corrected chi connectivity index (χ1v) is 9.63. The van der Waals surface area contributed by atoms with E-state index in [9.17, 15) is 0 Å². The van der Waals surface area contributed by atoms with Gasteiger partial charge in [0.15, 0.2) is 11.4 Å². The lowest BCUT2D eigenvalue weighted by Gasteiger charge is -2.31. The van der Waals surface area contributed by atoms with Gasteiger partial charge in [-0.25, -0.2) is 4.98 Å². The summed E-state index contributed by atoms with van der Waals surface area (Å²) in [6.07, 6.45) is 7.68. The average Bonchev–Trinajstić information content (AvgIpc) is 3.43. The van der Waals surface area contributed by atoms with E-state index < -0.39 is 0 Å². The van der Waals surface area contributed by atoms with E-state index in [1.54, 1.807) is 12.5 Å². The van der Waals surface area contributed by atoms with Crippen molar-refractivity contribution in [3.05, 3.63) is 54.1 Å². The Balaban J connectivity index is 1.37. The summed E-state index contributed by atoms with van der Waals surface area (Å²) in [5.41, 5.74) is 2.94. The fraction of sp³-hybridized carbons (Fsp3) is 0.400. The first-order valence-electron chi connectivity index (χ1n) is 9.63. The molecule has 1 fully saturated rings. The first kappa shape index (κ1) is 17.0. The quantitative estimate of drug-likeness (QED) is 0.544. The van der Waals surface area contributed by atoms with Crippen molar-refractivity contribution in [2.45, 2.75) is 32.2 Å². The maximum absolute atomic E-state index is 6.01. The highest BCUT2D eigenvalue weighted by molar-refractivity contribution is 5.75. The number of benzene rings is 1. The molecule has 0 amide bonds. The SMILES string of the molecule is Cc1ccc2oc(N3CCC[C@@H](c4nnc(Cn5ccnc5)n4C)C3)nc2c1. The molecule has 0 saturated carbocycles. The molecule has 28 heavy (non-hydrogen) atoms. The van der Waals surface area contributed by atoms with Crippen LogP contribution in [0.5, 0.6) is 0 Å². The highest BCUT2D eigenvalue weighted by atomic mass is 16.4. The average molecular weight is 377 g/mol. The molecule has 4 aromatic rings. The van der Waals surface area contributed by atoms with Crippen LogP contribution in [0.15, 0.2) is 41.3 Å². The van der Waals surface area contributed by atoms with Crippen molar-refractivity contribution in [2.75, 3.05) is 18.0 Å². The third-order valence-electron chi connectivity index (χ3n) is 5.47. The van der Waals surface area contributed by atoms with E-state index >= 15 is 0 Å². The Morgan fingerprint density at radius 1 is 1.25 bits per heavy atom. The van der Waals surface area contributed by atoms with Crippen LogP contribution in [0.2, 0.25) is 0 Å². The Hall–Kier alpha value is -3.16. The van der Waals surface area contributed by atoms with Crippen LogP contribution in [0.4, 0.5) is 6.01 Å². The molecule has 0 spiro atoms. The van der Waals surface area contributed by atoms with Crippen molar-refractivity contribution < 1.29 is 4.42 Å². The fourth-order valence-electron chi connectivity index (χ4n) is 3.93. The van der Waals surface area contributed by atoms with Crippen LogP contribution < -0.4 is 4.90 Å². The number of nitrogens with zero attached hydrogens (tertiary/aromatic N) is 7. The van der Waals surface area contributed by atoms with Crippen LogP contribution in [0.1, 0.15) is 36.0 Å². The molecule has 8 heteroatoms. The number of piperidine rings is 1. The number of hydrogen-bond acceptors (Lipinski definition) is 6. The topological polar surface area (TPSA) is 77.8 Å². The third kappa shape index (κ3) is 3.04. The lowest BCUT2D eigenvalue weighted by atomic mass is 9.97. The molecule has 3 aromatic heterocycles. The minimum Gasteiger partial charge on any atom is -0.423 e. The Bertz CT molecular complexity index is 1100. The van der Waals surface area contributed by atoms with E-state index in [0.717, 1.165) is 48.7 Å². The molecule has 0 aliphatic carbocycles. The summed E-state index contributed by atoms with van der Waals surface area (Å²) in [7, 11) is 2.04. The van der Waals surface area contributed by atoms with Gasteiger partial charge in [0, 0.05) is 38.4 Å². The monoisotopic (exact) mass is 377 g/mol. The van der Waals surface area contributed by atoms with Gasteiger partial charge in [0.25, 0.3) is 6.01 Å². The molecule has 0 unspecified atom stereocenters. The van der Waals surface area contributed by atoms with Gasteiger partial charge in [-0.2, -0.15) is 4.98 Å². The zero-order valence-electron chi connectivity index (χ0n) is 16.1. The van der Waals surface area contributed by atoms with Crippen LogP contribution in [-0.4, -0.2) is 42.4 Å². The highest BCUT2D eigenvalue weighted by Crippen LogP contribution is 2.30. The zero-order chi connectivity index (χ0) is 19.1. The summed E-state index contributed by atoms with van der Waals surface area (Å²) in [6.45, 7) is 4.52. The Morgan fingerprint density at radius 3 is 3.04 bits per heavy atom. The highest BCUT2D eigenvalue weighted by Gasteiger charge is 2.28. The predicted octanol–water partition coefficient (Wildman–Crippen LogP) is 2.89. The molecule has 1 atom stereocenters. The molecule has 1 aromatic carbocycles. The second-order valence-electron chi connectivity index (χ2n) is 7.52. The Labute approximate surface area is 162 Å². The smallest absolute Gasteiger partial charge is 0.298 e. The number of hydrogen-bond donors (Lipinski definition) is 0. The van der Waals surface area contributed by atoms with E-state index in [2.05, 4.69) is 43.7 Å². The van der Waals surface area contributed by atoms with Crippen molar-refractivity contribution in [3.8, 4) is 0 Å². The van der Waals surface area contributed by atoms with Gasteiger partial charge >= 0.3 is 0 Å². The summed E-state index contributed by atoms with van der Waals surface area (Å²) in [4.78, 5) is 11.0. The second kappa shape index (κ2) is 6.78. The zero-order valence-corrected chi connectivity index (χ0v) is 16.1. The molecule has 1 aliphatic rings. The van der Waals surface area contributed by atoms with Gasteiger partial charge in [-0.05, 0) is 37.5 Å². The van der Waals surface area contributed by atoms with Gasteiger partial charge in [-0.15, -0.1) is 10.2 Å². The van der Waals surface area contributed by atoms with Crippen LogP contribution in [0, 0.1) is 6.92 Å². The van der Waals surface area contributed by atoms with Crippen molar-refractivity contribution in [1.82, 2.24) is 29.3 Å². The summed E-state index contributed by atoms with van der Waals surface area (Å²) >= 11 is 0. The lowest BCUT2D eigenvalue weighted by Crippen LogP contribution is -2.35. The van der Waals surface area contributed by atoms with Crippen molar-refractivity contribution in [3.63, 3.8) is 0 Å². The van der Waals surface area contributed by atoms with Gasteiger partial charge in [0.05, 0.1) is 12.9 Å². The van der Waals surface area contributed by atoms with Crippen molar-refractivity contribution >= 4 is 17.1 Å². The number of imidazole rings is 1. The minimum absolute atomic E-state index is 0.305. The molecule has 0 N–H and O–H groups in total. The lowest BCUT2D eigenvalue weighted by molar-refractivity contribution is 0.448. The molecular formula is C20H23N7O. The summed E-state index contributed by atoms with van der Waals surface area (Å²) < 4.78 is 10.1. The molecule has 1 saturated heterocycles. The first-order chi connectivity index (χ1) is 13.7. The van der Waals surface area contributed by atoms with E-state index in [4.69, 9.17) is 9.40 Å². The van der Waals surface area contributed by atoms with E-state index in [1.165, 1.54) is 5.56 Å². The van der Waals surface area contributed by atoms with Crippen molar-refractivity contribution in [1.29, 1.82) is 0 Å². The molecule has 4 heterocycles. The summed E-state index contributed by atoms with van der Waals surface area (Å²) in [5.74, 6) is 2.26. The fourth-order valence-corrected chi connectivity index (χ4v) is 3.93. The number of rotatable bonds is 4. The summed E-state index contributed by atoms with van der Waals surface area (Å²) in [6, 6.07) is 6.81. The molecule has 144 valence electrons. The third-order valence-corrected chi connectivity index (χ3v) is 5.47. The molecular weight excluding hydrogens is 354 g/mol. The maximum Gasteiger partial charge on any atom is 0.298 e. The van der Waals surface area contributed by atoms with Gasteiger partial charge in [-0.1, -0.05) is 6.07 Å². The number of fused-ring (bicyclic) bond motifs is 1. The van der Waals surface area contributed by atoms with Gasteiger partial charge in [0.1, 0.15) is 11.3 Å². The molecule has 0 radical (unpaired) electrons. The number of oxazole rings is 1. The molecule has 8 nitrogen and oxygen atoms in total. The maximum atomic E-state index is 6.01. The molecule has 1 aliphatic heterocycles. The Morgan fingerprint density at radius 2 is 2.18 bits per heavy atom. The second-order valence-corrected chi connectivity index (χ2v) is 7.52. The van der Waals surface area contributed by atoms with Gasteiger partial charge in [-0.3, -0.25) is 0 Å². The molecule has 0 bridgehead atoms. The van der Waals surface area contributed by atoms with Crippen molar-refractivity contribution in [2.24, 2.45) is 7.05 Å². The number of aryl methyl sites for hydroxylation is 1. The Kier molecular flexibility index (Phi) is 4.11. The van der Waals surface area contributed by atoms with E-state index in [-0.39, 0.29) is 0 Å². The molecule has 5 rings (SSSR count). The van der Waals surface area contributed by atoms with Gasteiger partial charge < -0.3 is 18.5 Å². The van der Waals surface area contributed by atoms with Crippen LogP contribution in [0.25, 0.3) is 11.1 Å². The van der Waals surface area contributed by atoms with E-state index in [0.29, 0.717) is 18.5 Å². The number of aromatic nitrogens is 6.